The van der Waals surface area contributed by atoms with Crippen molar-refractivity contribution in [2.75, 3.05) is 11.9 Å². The van der Waals surface area contributed by atoms with Crippen molar-refractivity contribution >= 4 is 5.95 Å². The predicted octanol–water partition coefficient (Wildman–Crippen LogP) is 2.38. The summed E-state index contributed by atoms with van der Waals surface area (Å²) in [6.45, 7) is 0.866. The van der Waals surface area contributed by atoms with Crippen LogP contribution in [0.15, 0.2) is 18.5 Å². The molecule has 4 nitrogen and oxygen atoms in total. The van der Waals surface area contributed by atoms with Crippen LogP contribution in [0.1, 0.15) is 38.5 Å². The standard InChI is InChI=1S/C13H19N3O/c1-2-6-13(5-1)10-11(4-9-17-13)16-12-14-7-3-8-15-12/h3,7-8,11H,1-2,4-6,9-10H2,(H,14,15,16). The van der Waals surface area contributed by atoms with Crippen LogP contribution >= 0.6 is 0 Å². The molecule has 1 atom stereocenters. The van der Waals surface area contributed by atoms with E-state index in [-0.39, 0.29) is 5.60 Å². The number of anilines is 1. The molecule has 1 unspecified atom stereocenters. The minimum atomic E-state index is 0.157. The maximum Gasteiger partial charge on any atom is 0.222 e. The third-order valence-electron chi connectivity index (χ3n) is 3.91. The van der Waals surface area contributed by atoms with Crippen LogP contribution in [0.2, 0.25) is 0 Å². The van der Waals surface area contributed by atoms with Crippen molar-refractivity contribution < 1.29 is 4.74 Å². The van der Waals surface area contributed by atoms with E-state index in [9.17, 15) is 0 Å². The van der Waals surface area contributed by atoms with Gasteiger partial charge in [0.05, 0.1) is 5.60 Å². The van der Waals surface area contributed by atoms with Crippen LogP contribution in [-0.4, -0.2) is 28.2 Å². The van der Waals surface area contributed by atoms with Gasteiger partial charge in [0.15, 0.2) is 0 Å². The van der Waals surface area contributed by atoms with E-state index in [0.717, 1.165) is 25.4 Å². The van der Waals surface area contributed by atoms with E-state index in [1.54, 1.807) is 12.4 Å². The highest BCUT2D eigenvalue weighted by Gasteiger charge is 2.39. The molecule has 0 radical (unpaired) electrons. The van der Waals surface area contributed by atoms with Crippen LogP contribution in [-0.2, 0) is 4.74 Å². The van der Waals surface area contributed by atoms with E-state index in [4.69, 9.17) is 4.74 Å². The summed E-state index contributed by atoms with van der Waals surface area (Å²) in [5.74, 6) is 0.743. The highest BCUT2D eigenvalue weighted by Crippen LogP contribution is 2.40. The molecule has 1 aliphatic carbocycles. The van der Waals surface area contributed by atoms with Gasteiger partial charge < -0.3 is 10.1 Å². The average molecular weight is 233 g/mol. The van der Waals surface area contributed by atoms with E-state index in [0.29, 0.717) is 6.04 Å². The van der Waals surface area contributed by atoms with Crippen molar-refractivity contribution in [3.63, 3.8) is 0 Å². The van der Waals surface area contributed by atoms with Gasteiger partial charge in [-0.3, -0.25) is 0 Å². The molecular formula is C13H19N3O. The van der Waals surface area contributed by atoms with E-state index in [2.05, 4.69) is 15.3 Å². The summed E-state index contributed by atoms with van der Waals surface area (Å²) in [6.07, 6.45) is 10.8. The van der Waals surface area contributed by atoms with Gasteiger partial charge in [0.1, 0.15) is 0 Å². The Balaban J connectivity index is 1.64. The number of nitrogens with zero attached hydrogens (tertiary/aromatic N) is 2. The van der Waals surface area contributed by atoms with Gasteiger partial charge in [-0.2, -0.15) is 0 Å². The van der Waals surface area contributed by atoms with Crippen LogP contribution in [0.25, 0.3) is 0 Å². The molecule has 1 spiro atoms. The van der Waals surface area contributed by atoms with E-state index in [1.165, 1.54) is 25.7 Å². The summed E-state index contributed by atoms with van der Waals surface area (Å²) >= 11 is 0. The zero-order valence-electron chi connectivity index (χ0n) is 10.1. The maximum atomic E-state index is 6.01. The normalized spacial score (nSPS) is 27.2. The Kier molecular flexibility index (Phi) is 2.97. The second-order valence-corrected chi connectivity index (χ2v) is 5.15. The van der Waals surface area contributed by atoms with Crippen molar-refractivity contribution in [3.05, 3.63) is 18.5 Å². The molecule has 0 bridgehead atoms. The molecule has 1 aromatic heterocycles. The van der Waals surface area contributed by atoms with Crippen LogP contribution in [0.5, 0.6) is 0 Å². The quantitative estimate of drug-likeness (QED) is 0.852. The lowest BCUT2D eigenvalue weighted by atomic mass is 9.89. The van der Waals surface area contributed by atoms with Gasteiger partial charge in [-0.05, 0) is 31.7 Å². The van der Waals surface area contributed by atoms with Gasteiger partial charge in [0.2, 0.25) is 5.95 Å². The van der Waals surface area contributed by atoms with Gasteiger partial charge in [-0.1, -0.05) is 12.8 Å². The monoisotopic (exact) mass is 233 g/mol. The van der Waals surface area contributed by atoms with E-state index >= 15 is 0 Å². The Morgan fingerprint density at radius 3 is 2.76 bits per heavy atom. The molecule has 92 valence electrons. The van der Waals surface area contributed by atoms with Crippen LogP contribution in [0.4, 0.5) is 5.95 Å². The lowest BCUT2D eigenvalue weighted by molar-refractivity contribution is -0.0767. The van der Waals surface area contributed by atoms with Crippen molar-refractivity contribution in [3.8, 4) is 0 Å². The fourth-order valence-corrected chi connectivity index (χ4v) is 3.07. The molecule has 3 rings (SSSR count). The summed E-state index contributed by atoms with van der Waals surface area (Å²) in [5, 5.41) is 3.43. The number of hydrogen-bond donors (Lipinski definition) is 1. The van der Waals surface area contributed by atoms with Crippen molar-refractivity contribution in [1.29, 1.82) is 0 Å². The molecule has 17 heavy (non-hydrogen) atoms. The van der Waals surface area contributed by atoms with Crippen molar-refractivity contribution in [2.24, 2.45) is 0 Å². The summed E-state index contributed by atoms with van der Waals surface area (Å²) in [7, 11) is 0. The van der Waals surface area contributed by atoms with Gasteiger partial charge in [-0.25, -0.2) is 9.97 Å². The number of ether oxygens (including phenoxy) is 1. The second-order valence-electron chi connectivity index (χ2n) is 5.15. The Morgan fingerprint density at radius 1 is 1.24 bits per heavy atom. The van der Waals surface area contributed by atoms with Crippen molar-refractivity contribution in [1.82, 2.24) is 9.97 Å². The molecule has 1 aliphatic heterocycles. The maximum absolute atomic E-state index is 6.01. The third-order valence-corrected chi connectivity index (χ3v) is 3.91. The van der Waals surface area contributed by atoms with Gasteiger partial charge >= 0.3 is 0 Å². The Labute approximate surface area is 102 Å². The Morgan fingerprint density at radius 2 is 2.00 bits per heavy atom. The highest BCUT2D eigenvalue weighted by molar-refractivity contribution is 5.24. The molecule has 1 aromatic rings. The lowest BCUT2D eigenvalue weighted by Gasteiger charge is -2.38. The fourth-order valence-electron chi connectivity index (χ4n) is 3.07. The van der Waals surface area contributed by atoms with Crippen molar-refractivity contribution in [2.45, 2.75) is 50.2 Å². The van der Waals surface area contributed by atoms with E-state index in [1.807, 2.05) is 6.07 Å². The smallest absolute Gasteiger partial charge is 0.222 e. The number of hydrogen-bond acceptors (Lipinski definition) is 4. The third kappa shape index (κ3) is 2.41. The molecule has 2 heterocycles. The molecule has 1 saturated carbocycles. The largest absolute Gasteiger partial charge is 0.375 e. The topological polar surface area (TPSA) is 47.0 Å². The molecule has 4 heteroatoms. The minimum absolute atomic E-state index is 0.157. The second kappa shape index (κ2) is 4.61. The van der Waals surface area contributed by atoms with Crippen LogP contribution in [0.3, 0.4) is 0 Å². The van der Waals surface area contributed by atoms with Gasteiger partial charge in [0.25, 0.3) is 0 Å². The summed E-state index contributed by atoms with van der Waals surface area (Å²) in [4.78, 5) is 8.45. The molecule has 2 aliphatic rings. The Bertz CT molecular complexity index is 362. The average Bonchev–Trinajstić information content (AvgIpc) is 2.79. The zero-order valence-corrected chi connectivity index (χ0v) is 10.1. The first kappa shape index (κ1) is 11.0. The molecular weight excluding hydrogens is 214 g/mol. The van der Waals surface area contributed by atoms with Crippen LogP contribution in [0, 0.1) is 0 Å². The summed E-state index contributed by atoms with van der Waals surface area (Å²) in [6, 6.07) is 2.30. The summed E-state index contributed by atoms with van der Waals surface area (Å²) < 4.78 is 6.01. The molecule has 1 N–H and O–H groups in total. The summed E-state index contributed by atoms with van der Waals surface area (Å²) in [5.41, 5.74) is 0.157. The lowest BCUT2D eigenvalue weighted by Crippen LogP contribution is -2.42. The number of nitrogens with one attached hydrogen (secondary N) is 1. The zero-order chi connectivity index (χ0) is 11.6. The predicted molar refractivity (Wildman–Crippen MR) is 65.8 cm³/mol. The SMILES string of the molecule is c1cnc(NC2CCOC3(CCCC3)C2)nc1. The minimum Gasteiger partial charge on any atom is -0.375 e. The fraction of sp³-hybridized carbons (Fsp3) is 0.692. The molecule has 0 amide bonds. The Hall–Kier alpha value is -1.16. The van der Waals surface area contributed by atoms with Crippen LogP contribution < -0.4 is 5.32 Å². The van der Waals surface area contributed by atoms with E-state index < -0.39 is 0 Å². The number of rotatable bonds is 2. The first-order valence-electron chi connectivity index (χ1n) is 6.54. The number of aromatic nitrogens is 2. The van der Waals surface area contributed by atoms with Gasteiger partial charge in [0, 0.05) is 25.0 Å². The first-order valence-corrected chi connectivity index (χ1v) is 6.54. The molecule has 2 fully saturated rings. The van der Waals surface area contributed by atoms with Gasteiger partial charge in [-0.15, -0.1) is 0 Å². The highest BCUT2D eigenvalue weighted by atomic mass is 16.5. The first-order chi connectivity index (χ1) is 8.36. The molecule has 0 aromatic carbocycles. The molecule has 1 saturated heterocycles.